The maximum atomic E-state index is 9.06. The number of nitrogens with zero attached hydrogens (tertiary/aromatic N) is 4. The Labute approximate surface area is 278 Å². The largest absolute Gasteiger partial charge is 0.282 e. The highest BCUT2D eigenvalue weighted by molar-refractivity contribution is 6.16. The van der Waals surface area contributed by atoms with Crippen LogP contribution in [0.25, 0.3) is 55.7 Å². The van der Waals surface area contributed by atoms with Gasteiger partial charge in [-0.1, -0.05) is 152 Å². The molecule has 6 nitrogen and oxygen atoms in total. The summed E-state index contributed by atoms with van der Waals surface area (Å²) < 4.78 is 2.05. The summed E-state index contributed by atoms with van der Waals surface area (Å²) in [5, 5.41) is 11.4. The standard InChI is InChI=1S/C42H30N6/c43-40(46-42(32-18-8-3-9-19-32)47-48-38-22-12-10-20-34(38)35-21-11-13-23-39(35)48)31-24-26-33(27-25-31)41-44-36(29-14-4-1-5-15-29)28-37(45-41)30-16-6-2-7-17-30/h1-28H,(H2,43,46,47). The summed E-state index contributed by atoms with van der Waals surface area (Å²) >= 11 is 0. The van der Waals surface area contributed by atoms with Gasteiger partial charge < -0.3 is 0 Å². The molecule has 0 fully saturated rings. The molecule has 2 aromatic heterocycles. The molecule has 8 rings (SSSR count). The first-order valence-corrected chi connectivity index (χ1v) is 15.8. The molecule has 6 aromatic carbocycles. The zero-order valence-electron chi connectivity index (χ0n) is 26.0. The molecule has 0 aliphatic heterocycles. The third-order valence-corrected chi connectivity index (χ3v) is 8.35. The van der Waals surface area contributed by atoms with E-state index < -0.39 is 0 Å². The number of para-hydroxylation sites is 2. The minimum absolute atomic E-state index is 0.137. The van der Waals surface area contributed by atoms with Gasteiger partial charge in [-0.05, 0) is 18.2 Å². The zero-order chi connectivity index (χ0) is 32.3. The number of hydrogen-bond donors (Lipinski definition) is 2. The van der Waals surface area contributed by atoms with Gasteiger partial charge in [0.05, 0.1) is 22.4 Å². The van der Waals surface area contributed by atoms with Crippen molar-refractivity contribution in [2.24, 2.45) is 4.99 Å². The Morgan fingerprint density at radius 2 is 0.979 bits per heavy atom. The average molecular weight is 619 g/mol. The Bertz CT molecular complexity index is 2300. The lowest BCUT2D eigenvalue weighted by atomic mass is 10.1. The summed E-state index contributed by atoms with van der Waals surface area (Å²) in [5.41, 5.74) is 11.8. The molecule has 0 unspecified atom stereocenters. The molecule has 228 valence electrons. The fraction of sp³-hybridized carbons (Fsp3) is 0. The van der Waals surface area contributed by atoms with E-state index in [-0.39, 0.29) is 5.84 Å². The highest BCUT2D eigenvalue weighted by atomic mass is 15.4. The van der Waals surface area contributed by atoms with E-state index in [2.05, 4.69) is 66.1 Å². The number of benzene rings is 6. The number of hydrogen-bond acceptors (Lipinski definition) is 3. The number of nitrogens with one attached hydrogen (secondary N) is 2. The monoisotopic (exact) mass is 618 g/mol. The predicted molar refractivity (Wildman–Crippen MR) is 197 cm³/mol. The lowest BCUT2D eigenvalue weighted by Crippen LogP contribution is -2.25. The van der Waals surface area contributed by atoms with Crippen molar-refractivity contribution in [2.45, 2.75) is 0 Å². The second-order valence-electron chi connectivity index (χ2n) is 11.4. The van der Waals surface area contributed by atoms with E-state index in [1.54, 1.807) is 0 Å². The van der Waals surface area contributed by atoms with E-state index in [0.717, 1.165) is 55.4 Å². The SMILES string of the molecule is N=C(/N=C(\Nn1c2ccccc2c2ccccc21)c1ccccc1)c1ccc(-c2nc(-c3ccccc3)cc(-c3ccccc3)n2)cc1. The van der Waals surface area contributed by atoms with Crippen LogP contribution in [0.2, 0.25) is 0 Å². The molecule has 48 heavy (non-hydrogen) atoms. The molecule has 0 aliphatic carbocycles. The number of fused-ring (bicyclic) bond motifs is 3. The second-order valence-corrected chi connectivity index (χ2v) is 11.4. The third-order valence-electron chi connectivity index (χ3n) is 8.35. The van der Waals surface area contributed by atoms with Crippen molar-refractivity contribution < 1.29 is 0 Å². The van der Waals surface area contributed by atoms with Gasteiger partial charge in [0.25, 0.3) is 0 Å². The molecule has 2 heterocycles. The minimum atomic E-state index is 0.137. The summed E-state index contributed by atoms with van der Waals surface area (Å²) in [7, 11) is 0. The Balaban J connectivity index is 1.16. The van der Waals surface area contributed by atoms with E-state index >= 15 is 0 Å². The van der Waals surface area contributed by atoms with Crippen LogP contribution in [0.1, 0.15) is 11.1 Å². The van der Waals surface area contributed by atoms with Crippen LogP contribution in [0.4, 0.5) is 0 Å². The van der Waals surface area contributed by atoms with Crippen molar-refractivity contribution in [1.82, 2.24) is 14.6 Å². The smallest absolute Gasteiger partial charge is 0.160 e. The van der Waals surface area contributed by atoms with Gasteiger partial charge in [0.2, 0.25) is 0 Å². The summed E-state index contributed by atoms with van der Waals surface area (Å²) in [5.74, 6) is 1.33. The number of rotatable bonds is 6. The fourth-order valence-electron chi connectivity index (χ4n) is 5.94. The van der Waals surface area contributed by atoms with Gasteiger partial charge in [-0.15, -0.1) is 0 Å². The molecule has 0 amide bonds. The second kappa shape index (κ2) is 12.6. The van der Waals surface area contributed by atoms with Crippen LogP contribution in [-0.2, 0) is 0 Å². The summed E-state index contributed by atoms with van der Waals surface area (Å²) in [6.07, 6.45) is 0. The quantitative estimate of drug-likeness (QED) is 0.144. The van der Waals surface area contributed by atoms with E-state index in [1.807, 2.05) is 114 Å². The van der Waals surface area contributed by atoms with Crippen LogP contribution < -0.4 is 5.43 Å². The molecule has 0 saturated carbocycles. The first kappa shape index (κ1) is 28.8. The van der Waals surface area contributed by atoms with Crippen molar-refractivity contribution in [3.05, 3.63) is 181 Å². The van der Waals surface area contributed by atoms with Gasteiger partial charge in [-0.3, -0.25) is 15.5 Å². The van der Waals surface area contributed by atoms with Gasteiger partial charge in [0, 0.05) is 38.6 Å². The Hall–Kier alpha value is -6.66. The number of aliphatic imine (C=N–C) groups is 1. The minimum Gasteiger partial charge on any atom is -0.282 e. The topological polar surface area (TPSA) is 79.0 Å². The Morgan fingerprint density at radius 1 is 0.500 bits per heavy atom. The van der Waals surface area contributed by atoms with Gasteiger partial charge in [0.1, 0.15) is 0 Å². The summed E-state index contributed by atoms with van der Waals surface area (Å²) in [6.45, 7) is 0. The van der Waals surface area contributed by atoms with Crippen molar-refractivity contribution in [3.63, 3.8) is 0 Å². The molecule has 0 bridgehead atoms. The molecule has 0 saturated heterocycles. The summed E-state index contributed by atoms with van der Waals surface area (Å²) in [6, 6.07) is 56.6. The van der Waals surface area contributed by atoms with Crippen molar-refractivity contribution in [1.29, 1.82) is 5.41 Å². The van der Waals surface area contributed by atoms with Crippen LogP contribution in [0.3, 0.4) is 0 Å². The van der Waals surface area contributed by atoms with Gasteiger partial charge >= 0.3 is 0 Å². The first-order valence-electron chi connectivity index (χ1n) is 15.8. The lowest BCUT2D eigenvalue weighted by Gasteiger charge is -2.14. The number of aromatic nitrogens is 3. The maximum Gasteiger partial charge on any atom is 0.160 e. The van der Waals surface area contributed by atoms with Crippen LogP contribution in [0, 0.1) is 5.41 Å². The Morgan fingerprint density at radius 3 is 1.52 bits per heavy atom. The summed E-state index contributed by atoms with van der Waals surface area (Å²) in [4.78, 5) is 14.7. The average Bonchev–Trinajstić information content (AvgIpc) is 3.48. The van der Waals surface area contributed by atoms with Crippen LogP contribution in [0.15, 0.2) is 175 Å². The van der Waals surface area contributed by atoms with Crippen molar-refractivity contribution >= 4 is 33.5 Å². The van der Waals surface area contributed by atoms with E-state index in [0.29, 0.717) is 17.2 Å². The van der Waals surface area contributed by atoms with E-state index in [9.17, 15) is 0 Å². The highest BCUT2D eigenvalue weighted by Gasteiger charge is 2.15. The fourth-order valence-corrected chi connectivity index (χ4v) is 5.94. The number of amidine groups is 2. The van der Waals surface area contributed by atoms with Gasteiger partial charge in [0.15, 0.2) is 17.5 Å². The van der Waals surface area contributed by atoms with E-state index in [4.69, 9.17) is 20.4 Å². The first-order chi connectivity index (χ1) is 23.7. The maximum absolute atomic E-state index is 9.06. The van der Waals surface area contributed by atoms with Crippen LogP contribution in [0.5, 0.6) is 0 Å². The highest BCUT2D eigenvalue weighted by Crippen LogP contribution is 2.29. The molecule has 0 spiro atoms. The normalized spacial score (nSPS) is 11.5. The van der Waals surface area contributed by atoms with Crippen molar-refractivity contribution in [3.8, 4) is 33.9 Å². The van der Waals surface area contributed by atoms with Gasteiger partial charge in [-0.2, -0.15) is 0 Å². The Kier molecular flexibility index (Phi) is 7.57. The van der Waals surface area contributed by atoms with Crippen LogP contribution >= 0.6 is 0 Å². The van der Waals surface area contributed by atoms with E-state index in [1.165, 1.54) is 0 Å². The molecule has 8 aromatic rings. The lowest BCUT2D eigenvalue weighted by molar-refractivity contribution is 1.08. The third kappa shape index (κ3) is 5.63. The molecule has 0 radical (unpaired) electrons. The molecule has 0 aliphatic rings. The predicted octanol–water partition coefficient (Wildman–Crippen LogP) is 9.60. The molecular weight excluding hydrogens is 589 g/mol. The molecule has 2 N–H and O–H groups in total. The van der Waals surface area contributed by atoms with Crippen LogP contribution in [-0.4, -0.2) is 26.3 Å². The van der Waals surface area contributed by atoms with Gasteiger partial charge in [-0.25, -0.2) is 15.0 Å². The zero-order valence-corrected chi connectivity index (χ0v) is 26.0. The molecule has 0 atom stereocenters. The van der Waals surface area contributed by atoms with Crippen molar-refractivity contribution in [2.75, 3.05) is 5.43 Å². The molecule has 6 heteroatoms. The molecular formula is C42H30N6.